The summed E-state index contributed by atoms with van der Waals surface area (Å²) in [5.41, 5.74) is 5.69. The van der Waals surface area contributed by atoms with Crippen LogP contribution in [0.25, 0.3) is 0 Å². The zero-order valence-corrected chi connectivity index (χ0v) is 10.5. The van der Waals surface area contributed by atoms with E-state index in [0.717, 1.165) is 30.4 Å². The van der Waals surface area contributed by atoms with Crippen molar-refractivity contribution in [2.75, 3.05) is 23.7 Å². The zero-order valence-electron chi connectivity index (χ0n) is 10.5. The summed E-state index contributed by atoms with van der Waals surface area (Å²) in [7, 11) is 0. The molecule has 4 N–H and O–H groups in total. The molecular formula is C12H21N5. The highest BCUT2D eigenvalue weighted by Gasteiger charge is 2.01. The lowest BCUT2D eigenvalue weighted by atomic mass is 10.2. The maximum Gasteiger partial charge on any atom is 0.132 e. The standard InChI is InChI=1S/C12H21N5/c1-4-6-14-11-8-12(17-10(3)16-11)15-7-5-9(2)13/h4,8-9H,1,5-7,13H2,2-3H3,(H2,14,15,16,17). The Morgan fingerprint density at radius 2 is 2.06 bits per heavy atom. The molecule has 0 amide bonds. The molecule has 17 heavy (non-hydrogen) atoms. The minimum atomic E-state index is 0.198. The average Bonchev–Trinajstić information content (AvgIpc) is 2.25. The third kappa shape index (κ3) is 5.31. The summed E-state index contributed by atoms with van der Waals surface area (Å²) in [4.78, 5) is 8.59. The van der Waals surface area contributed by atoms with Crippen LogP contribution in [-0.4, -0.2) is 29.1 Å². The lowest BCUT2D eigenvalue weighted by Crippen LogP contribution is -2.19. The molecule has 0 saturated carbocycles. The first-order chi connectivity index (χ1) is 8.11. The molecule has 5 nitrogen and oxygen atoms in total. The number of aryl methyl sites for hydroxylation is 1. The quantitative estimate of drug-likeness (QED) is 0.625. The predicted molar refractivity (Wildman–Crippen MR) is 72.2 cm³/mol. The van der Waals surface area contributed by atoms with Gasteiger partial charge in [-0.05, 0) is 20.3 Å². The van der Waals surface area contributed by atoms with Crippen LogP contribution in [-0.2, 0) is 0 Å². The van der Waals surface area contributed by atoms with Crippen LogP contribution in [0.3, 0.4) is 0 Å². The number of nitrogens with one attached hydrogen (secondary N) is 2. The minimum Gasteiger partial charge on any atom is -0.370 e. The van der Waals surface area contributed by atoms with Gasteiger partial charge >= 0.3 is 0 Å². The Labute approximate surface area is 103 Å². The van der Waals surface area contributed by atoms with Crippen molar-refractivity contribution >= 4 is 11.6 Å². The highest BCUT2D eigenvalue weighted by Crippen LogP contribution is 2.10. The number of hydrogen-bond acceptors (Lipinski definition) is 5. The number of nitrogens with two attached hydrogens (primary N) is 1. The van der Waals surface area contributed by atoms with Gasteiger partial charge in [-0.15, -0.1) is 6.58 Å². The van der Waals surface area contributed by atoms with Crippen LogP contribution in [0.15, 0.2) is 18.7 Å². The fourth-order valence-corrected chi connectivity index (χ4v) is 1.35. The molecule has 0 aliphatic heterocycles. The Kier molecular flexibility index (Phi) is 5.42. The molecule has 1 aromatic heterocycles. The van der Waals surface area contributed by atoms with E-state index < -0.39 is 0 Å². The largest absolute Gasteiger partial charge is 0.370 e. The van der Waals surface area contributed by atoms with Crippen LogP contribution in [0, 0.1) is 6.92 Å². The molecule has 1 rings (SSSR count). The molecule has 0 spiro atoms. The van der Waals surface area contributed by atoms with E-state index in [1.165, 1.54) is 0 Å². The van der Waals surface area contributed by atoms with Gasteiger partial charge in [-0.25, -0.2) is 9.97 Å². The van der Waals surface area contributed by atoms with Crippen LogP contribution >= 0.6 is 0 Å². The van der Waals surface area contributed by atoms with Crippen LogP contribution in [0.4, 0.5) is 11.6 Å². The molecule has 0 fully saturated rings. The Hall–Kier alpha value is -1.62. The molecule has 1 unspecified atom stereocenters. The summed E-state index contributed by atoms with van der Waals surface area (Å²) in [5.74, 6) is 2.37. The van der Waals surface area contributed by atoms with Crippen molar-refractivity contribution in [3.8, 4) is 0 Å². The van der Waals surface area contributed by atoms with Crippen molar-refractivity contribution in [3.05, 3.63) is 24.5 Å². The Bertz CT molecular complexity index is 362. The number of rotatable bonds is 7. The first kappa shape index (κ1) is 13.4. The normalized spacial score (nSPS) is 11.9. The maximum absolute atomic E-state index is 5.69. The summed E-state index contributed by atoms with van der Waals surface area (Å²) < 4.78 is 0. The summed E-state index contributed by atoms with van der Waals surface area (Å²) in [6, 6.07) is 2.08. The lowest BCUT2D eigenvalue weighted by Gasteiger charge is -2.10. The van der Waals surface area contributed by atoms with Crippen molar-refractivity contribution in [3.63, 3.8) is 0 Å². The van der Waals surface area contributed by atoms with Gasteiger partial charge in [0.05, 0.1) is 0 Å². The molecule has 1 atom stereocenters. The number of hydrogen-bond donors (Lipinski definition) is 3. The molecule has 5 heteroatoms. The number of nitrogens with zero attached hydrogens (tertiary/aromatic N) is 2. The number of aromatic nitrogens is 2. The second-order valence-corrected chi connectivity index (χ2v) is 4.05. The van der Waals surface area contributed by atoms with Gasteiger partial charge in [-0.2, -0.15) is 0 Å². The van der Waals surface area contributed by atoms with Crippen molar-refractivity contribution in [1.29, 1.82) is 0 Å². The second-order valence-electron chi connectivity index (χ2n) is 4.05. The molecule has 0 bridgehead atoms. The van der Waals surface area contributed by atoms with Gasteiger partial charge in [0.1, 0.15) is 17.5 Å². The van der Waals surface area contributed by atoms with Gasteiger partial charge in [-0.3, -0.25) is 0 Å². The topological polar surface area (TPSA) is 75.9 Å². The van der Waals surface area contributed by atoms with Crippen LogP contribution in [0.1, 0.15) is 19.2 Å². The second kappa shape index (κ2) is 6.85. The first-order valence-corrected chi connectivity index (χ1v) is 5.81. The third-order valence-electron chi connectivity index (χ3n) is 2.17. The average molecular weight is 235 g/mol. The molecule has 1 aromatic rings. The van der Waals surface area contributed by atoms with Crippen LogP contribution in [0.5, 0.6) is 0 Å². The van der Waals surface area contributed by atoms with Crippen LogP contribution < -0.4 is 16.4 Å². The van der Waals surface area contributed by atoms with E-state index in [0.29, 0.717) is 6.54 Å². The first-order valence-electron chi connectivity index (χ1n) is 5.81. The SMILES string of the molecule is C=CCNc1cc(NCCC(C)N)nc(C)n1. The summed E-state index contributed by atoms with van der Waals surface area (Å²) in [6.07, 6.45) is 2.71. The van der Waals surface area contributed by atoms with Crippen molar-refractivity contribution in [2.45, 2.75) is 26.3 Å². The maximum atomic E-state index is 5.69. The van der Waals surface area contributed by atoms with Gasteiger partial charge in [0.25, 0.3) is 0 Å². The Morgan fingerprint density at radius 1 is 1.41 bits per heavy atom. The van der Waals surface area contributed by atoms with Gasteiger partial charge in [0, 0.05) is 25.2 Å². The monoisotopic (exact) mass is 235 g/mol. The zero-order chi connectivity index (χ0) is 12.7. The third-order valence-corrected chi connectivity index (χ3v) is 2.17. The molecule has 0 saturated heterocycles. The molecule has 0 aliphatic rings. The summed E-state index contributed by atoms with van der Waals surface area (Å²) >= 11 is 0. The summed E-state index contributed by atoms with van der Waals surface area (Å²) in [5, 5.41) is 6.38. The molecule has 1 heterocycles. The highest BCUT2D eigenvalue weighted by molar-refractivity contribution is 5.47. The van der Waals surface area contributed by atoms with E-state index in [-0.39, 0.29) is 6.04 Å². The molecular weight excluding hydrogens is 214 g/mol. The van der Waals surface area contributed by atoms with Gasteiger partial charge < -0.3 is 16.4 Å². The van der Waals surface area contributed by atoms with E-state index in [4.69, 9.17) is 5.73 Å². The molecule has 0 radical (unpaired) electrons. The number of anilines is 2. The molecule has 94 valence electrons. The Balaban J connectivity index is 2.58. The van der Waals surface area contributed by atoms with E-state index in [1.54, 1.807) is 6.08 Å². The van der Waals surface area contributed by atoms with Crippen molar-refractivity contribution < 1.29 is 0 Å². The van der Waals surface area contributed by atoms with Gasteiger partial charge in [0.15, 0.2) is 0 Å². The van der Waals surface area contributed by atoms with Crippen molar-refractivity contribution in [2.24, 2.45) is 5.73 Å². The van der Waals surface area contributed by atoms with E-state index in [2.05, 4.69) is 27.2 Å². The lowest BCUT2D eigenvalue weighted by molar-refractivity contribution is 0.689. The van der Waals surface area contributed by atoms with E-state index >= 15 is 0 Å². The molecule has 0 aromatic carbocycles. The van der Waals surface area contributed by atoms with Gasteiger partial charge in [-0.1, -0.05) is 6.08 Å². The summed E-state index contributed by atoms with van der Waals surface area (Å²) in [6.45, 7) is 9.02. The van der Waals surface area contributed by atoms with E-state index in [1.807, 2.05) is 19.9 Å². The van der Waals surface area contributed by atoms with Crippen LogP contribution in [0.2, 0.25) is 0 Å². The molecule has 0 aliphatic carbocycles. The Morgan fingerprint density at radius 3 is 2.65 bits per heavy atom. The minimum absolute atomic E-state index is 0.198. The predicted octanol–water partition coefficient (Wildman–Crippen LogP) is 1.53. The highest BCUT2D eigenvalue weighted by atomic mass is 15.1. The van der Waals surface area contributed by atoms with E-state index in [9.17, 15) is 0 Å². The smallest absolute Gasteiger partial charge is 0.132 e. The van der Waals surface area contributed by atoms with Gasteiger partial charge in [0.2, 0.25) is 0 Å². The van der Waals surface area contributed by atoms with Crippen molar-refractivity contribution in [1.82, 2.24) is 9.97 Å². The fraction of sp³-hybridized carbons (Fsp3) is 0.500. The fourth-order valence-electron chi connectivity index (χ4n) is 1.35.